The van der Waals surface area contributed by atoms with Crippen LogP contribution >= 0.6 is 12.2 Å². The van der Waals surface area contributed by atoms with Gasteiger partial charge in [0.25, 0.3) is 0 Å². The van der Waals surface area contributed by atoms with Crippen LogP contribution in [-0.2, 0) is 11.3 Å². The van der Waals surface area contributed by atoms with Gasteiger partial charge in [0.1, 0.15) is 10.8 Å². The Bertz CT molecular complexity index is 493. The van der Waals surface area contributed by atoms with Crippen LogP contribution in [0.2, 0.25) is 0 Å². The molecule has 0 heterocycles. The Morgan fingerprint density at radius 3 is 2.60 bits per heavy atom. The second kappa shape index (κ2) is 7.91. The molecule has 1 amide bonds. The largest absolute Gasteiger partial charge is 0.389 e. The summed E-state index contributed by atoms with van der Waals surface area (Å²) in [4.78, 5) is 13.1. The van der Waals surface area contributed by atoms with Crippen molar-refractivity contribution in [3.8, 4) is 0 Å². The molecule has 0 saturated heterocycles. The number of benzene rings is 1. The zero-order chi connectivity index (χ0) is 15.1. The van der Waals surface area contributed by atoms with Gasteiger partial charge in [-0.05, 0) is 36.7 Å². The maximum atomic E-state index is 13.5. The zero-order valence-electron chi connectivity index (χ0n) is 11.6. The maximum absolute atomic E-state index is 13.5. The average Bonchev–Trinajstić information content (AvgIpc) is 2.34. The summed E-state index contributed by atoms with van der Waals surface area (Å²) in [6.45, 7) is 3.39. The number of unbranched alkanes of at least 4 members (excludes halogenated alkanes) is 1. The SMILES string of the molecule is CCCCN(CC(N)=O)Cc1cc(F)cc(C(N)=S)c1. The summed E-state index contributed by atoms with van der Waals surface area (Å²) in [6, 6.07) is 4.46. The molecule has 1 rings (SSSR count). The van der Waals surface area contributed by atoms with Gasteiger partial charge in [0.15, 0.2) is 0 Å². The lowest BCUT2D eigenvalue weighted by Crippen LogP contribution is -2.34. The van der Waals surface area contributed by atoms with E-state index in [-0.39, 0.29) is 17.4 Å². The van der Waals surface area contributed by atoms with Crippen molar-refractivity contribution in [3.05, 3.63) is 35.1 Å². The number of nitrogens with two attached hydrogens (primary N) is 2. The molecule has 0 saturated carbocycles. The zero-order valence-corrected chi connectivity index (χ0v) is 12.4. The molecule has 0 radical (unpaired) electrons. The highest BCUT2D eigenvalue weighted by Gasteiger charge is 2.11. The summed E-state index contributed by atoms with van der Waals surface area (Å²) in [6.07, 6.45) is 1.96. The van der Waals surface area contributed by atoms with E-state index in [1.807, 2.05) is 4.90 Å². The Balaban J connectivity index is 2.86. The van der Waals surface area contributed by atoms with Crippen LogP contribution in [0.3, 0.4) is 0 Å². The number of hydrogen-bond acceptors (Lipinski definition) is 3. The fraction of sp³-hybridized carbons (Fsp3) is 0.429. The summed E-state index contributed by atoms with van der Waals surface area (Å²) in [5, 5.41) is 0. The quantitative estimate of drug-likeness (QED) is 0.714. The van der Waals surface area contributed by atoms with Crippen LogP contribution in [0.5, 0.6) is 0 Å². The molecule has 0 bridgehead atoms. The second-order valence-electron chi connectivity index (χ2n) is 4.74. The first kappa shape index (κ1) is 16.5. The molecule has 0 atom stereocenters. The van der Waals surface area contributed by atoms with Gasteiger partial charge in [0.05, 0.1) is 6.54 Å². The van der Waals surface area contributed by atoms with Gasteiger partial charge < -0.3 is 11.5 Å². The van der Waals surface area contributed by atoms with E-state index >= 15 is 0 Å². The lowest BCUT2D eigenvalue weighted by atomic mass is 10.1. The number of halogens is 1. The number of carbonyl (C=O) groups excluding carboxylic acids is 1. The van der Waals surface area contributed by atoms with Crippen molar-refractivity contribution >= 4 is 23.1 Å². The minimum atomic E-state index is -0.396. The molecule has 0 unspecified atom stereocenters. The van der Waals surface area contributed by atoms with Crippen molar-refractivity contribution in [1.29, 1.82) is 0 Å². The highest BCUT2D eigenvalue weighted by molar-refractivity contribution is 7.80. The summed E-state index contributed by atoms with van der Waals surface area (Å²) in [5.74, 6) is -0.785. The predicted octanol–water partition coefficient (Wildman–Crippen LogP) is 1.55. The Morgan fingerprint density at radius 1 is 1.35 bits per heavy atom. The summed E-state index contributed by atoms with van der Waals surface area (Å²) >= 11 is 4.86. The highest BCUT2D eigenvalue weighted by atomic mass is 32.1. The highest BCUT2D eigenvalue weighted by Crippen LogP contribution is 2.12. The van der Waals surface area contributed by atoms with Gasteiger partial charge in [0.2, 0.25) is 5.91 Å². The molecule has 1 aromatic rings. The molecule has 0 aliphatic carbocycles. The van der Waals surface area contributed by atoms with Crippen LogP contribution in [0.1, 0.15) is 30.9 Å². The third kappa shape index (κ3) is 5.63. The normalized spacial score (nSPS) is 10.8. The van der Waals surface area contributed by atoms with Crippen molar-refractivity contribution in [2.24, 2.45) is 11.5 Å². The summed E-state index contributed by atoms with van der Waals surface area (Å²) < 4.78 is 13.5. The standard InChI is InChI=1S/C14H20FN3OS/c1-2-3-4-18(9-13(16)19)8-10-5-11(14(17)20)7-12(15)6-10/h5-7H,2-4,8-9H2,1H3,(H2,16,19)(H2,17,20). The number of carbonyl (C=O) groups is 1. The number of hydrogen-bond donors (Lipinski definition) is 2. The van der Waals surface area contributed by atoms with Crippen LogP contribution in [0, 0.1) is 5.82 Å². The maximum Gasteiger partial charge on any atom is 0.231 e. The molecule has 0 aliphatic heterocycles. The Morgan fingerprint density at radius 2 is 2.05 bits per heavy atom. The van der Waals surface area contributed by atoms with E-state index in [0.717, 1.165) is 24.9 Å². The van der Waals surface area contributed by atoms with Crippen molar-refractivity contribution in [2.75, 3.05) is 13.1 Å². The third-order valence-electron chi connectivity index (χ3n) is 2.86. The van der Waals surface area contributed by atoms with Gasteiger partial charge in [-0.25, -0.2) is 4.39 Å². The number of amides is 1. The van der Waals surface area contributed by atoms with Crippen LogP contribution in [0.4, 0.5) is 4.39 Å². The molecule has 6 heteroatoms. The minimum absolute atomic E-state index is 0.152. The first-order chi connectivity index (χ1) is 9.42. The topological polar surface area (TPSA) is 72.3 Å². The molecule has 110 valence electrons. The number of primary amides is 1. The Kier molecular flexibility index (Phi) is 6.54. The number of nitrogens with zero attached hydrogens (tertiary/aromatic N) is 1. The third-order valence-corrected chi connectivity index (χ3v) is 3.09. The van der Waals surface area contributed by atoms with E-state index in [1.165, 1.54) is 12.1 Å². The molecule has 0 fully saturated rings. The monoisotopic (exact) mass is 297 g/mol. The molecule has 0 spiro atoms. The van der Waals surface area contributed by atoms with E-state index in [2.05, 4.69) is 6.92 Å². The van der Waals surface area contributed by atoms with Gasteiger partial charge in [-0.2, -0.15) is 0 Å². The van der Waals surface area contributed by atoms with Crippen molar-refractivity contribution in [1.82, 2.24) is 4.90 Å². The predicted molar refractivity (Wildman–Crippen MR) is 81.7 cm³/mol. The number of rotatable bonds is 8. The molecule has 4 N–H and O–H groups in total. The molecule has 0 aliphatic rings. The van der Waals surface area contributed by atoms with E-state index in [9.17, 15) is 9.18 Å². The molecular formula is C14H20FN3OS. The lowest BCUT2D eigenvalue weighted by Gasteiger charge is -2.20. The number of thiocarbonyl (C=S) groups is 1. The van der Waals surface area contributed by atoms with Crippen LogP contribution in [-0.4, -0.2) is 28.9 Å². The fourth-order valence-electron chi connectivity index (χ4n) is 1.96. The van der Waals surface area contributed by atoms with Gasteiger partial charge >= 0.3 is 0 Å². The Labute approximate surface area is 123 Å². The van der Waals surface area contributed by atoms with Crippen molar-refractivity contribution < 1.29 is 9.18 Å². The molecule has 4 nitrogen and oxygen atoms in total. The fourth-order valence-corrected chi connectivity index (χ4v) is 2.08. The van der Waals surface area contributed by atoms with Crippen molar-refractivity contribution in [2.45, 2.75) is 26.3 Å². The van der Waals surface area contributed by atoms with E-state index in [4.69, 9.17) is 23.7 Å². The first-order valence-corrected chi connectivity index (χ1v) is 6.93. The molecule has 1 aromatic carbocycles. The lowest BCUT2D eigenvalue weighted by molar-refractivity contribution is -0.119. The summed E-state index contributed by atoms with van der Waals surface area (Å²) in [5.41, 5.74) is 12.0. The first-order valence-electron chi connectivity index (χ1n) is 6.52. The average molecular weight is 297 g/mol. The van der Waals surface area contributed by atoms with Crippen LogP contribution < -0.4 is 11.5 Å². The molecule has 20 heavy (non-hydrogen) atoms. The smallest absolute Gasteiger partial charge is 0.231 e. The second-order valence-corrected chi connectivity index (χ2v) is 5.18. The summed E-state index contributed by atoms with van der Waals surface area (Å²) in [7, 11) is 0. The van der Waals surface area contributed by atoms with Crippen LogP contribution in [0.25, 0.3) is 0 Å². The molecular weight excluding hydrogens is 277 g/mol. The Hall–Kier alpha value is -1.53. The van der Waals surface area contributed by atoms with E-state index in [1.54, 1.807) is 6.07 Å². The minimum Gasteiger partial charge on any atom is -0.389 e. The van der Waals surface area contributed by atoms with Gasteiger partial charge in [0, 0.05) is 12.1 Å². The van der Waals surface area contributed by atoms with Gasteiger partial charge in [-0.1, -0.05) is 25.6 Å². The van der Waals surface area contributed by atoms with Gasteiger partial charge in [-0.15, -0.1) is 0 Å². The molecule has 0 aromatic heterocycles. The van der Waals surface area contributed by atoms with Crippen LogP contribution in [0.15, 0.2) is 18.2 Å². The van der Waals surface area contributed by atoms with Crippen molar-refractivity contribution in [3.63, 3.8) is 0 Å². The van der Waals surface area contributed by atoms with Gasteiger partial charge in [-0.3, -0.25) is 9.69 Å². The van der Waals surface area contributed by atoms with E-state index < -0.39 is 5.91 Å². The van der Waals surface area contributed by atoms with E-state index in [0.29, 0.717) is 12.1 Å².